The maximum atomic E-state index is 13.6. The van der Waals surface area contributed by atoms with E-state index in [9.17, 15) is 14.4 Å². The number of hydrogen-bond acceptors (Lipinski definition) is 7. The van der Waals surface area contributed by atoms with Crippen LogP contribution in [0.1, 0.15) is 95.3 Å². The van der Waals surface area contributed by atoms with Gasteiger partial charge < -0.3 is 29.7 Å². The van der Waals surface area contributed by atoms with Crippen LogP contribution in [0.15, 0.2) is 60.8 Å². The molecule has 0 bridgehead atoms. The summed E-state index contributed by atoms with van der Waals surface area (Å²) in [6.45, 7) is 10.8. The molecule has 4 heterocycles. The van der Waals surface area contributed by atoms with Gasteiger partial charge in [-0.3, -0.25) is 9.69 Å². The van der Waals surface area contributed by atoms with Gasteiger partial charge in [0.2, 0.25) is 5.91 Å². The van der Waals surface area contributed by atoms with E-state index in [0.717, 1.165) is 100 Å². The summed E-state index contributed by atoms with van der Waals surface area (Å²) in [6, 6.07) is 18.7. The Kier molecular flexibility index (Phi) is 9.84. The normalized spacial score (nSPS) is 18.6. The number of ether oxygens (including phenoxy) is 2. The highest BCUT2D eigenvalue weighted by atomic mass is 16.6. The van der Waals surface area contributed by atoms with Gasteiger partial charge in [0.05, 0.1) is 36.8 Å². The number of aromatic nitrogens is 4. The summed E-state index contributed by atoms with van der Waals surface area (Å²) in [6.07, 6.45) is 6.17. The molecule has 292 valence electrons. The molecule has 3 atom stereocenters. The van der Waals surface area contributed by atoms with Crippen molar-refractivity contribution in [3.63, 3.8) is 0 Å². The molecule has 3 amide bonds. The summed E-state index contributed by atoms with van der Waals surface area (Å²) in [5.74, 6) is 1.37. The van der Waals surface area contributed by atoms with Gasteiger partial charge in [-0.1, -0.05) is 56.3 Å². The SMILES string of the molecule is COC(=O)NC(C(=O)N1CCC[C@H]1c1ncc(-c2ccc3cc(-c4ccc5c(c4)CCc4[nH]c([C@@H]6CCCN6C(=O)OC(C)(C)C)nc4-5)ccc3c2)[nH]1)C(C)C. The number of carbonyl (C=O) groups excluding carboxylic acids is 3. The van der Waals surface area contributed by atoms with E-state index in [1.54, 1.807) is 0 Å². The molecule has 2 aliphatic heterocycles. The first-order valence-corrected chi connectivity index (χ1v) is 19.8. The predicted octanol–water partition coefficient (Wildman–Crippen LogP) is 8.50. The third-order valence-corrected chi connectivity index (χ3v) is 11.3. The van der Waals surface area contributed by atoms with Crippen molar-refractivity contribution in [3.8, 4) is 33.6 Å². The highest BCUT2D eigenvalue weighted by molar-refractivity contribution is 5.91. The Morgan fingerprint density at radius 1 is 0.839 bits per heavy atom. The first-order valence-electron chi connectivity index (χ1n) is 19.8. The Morgan fingerprint density at radius 3 is 2.21 bits per heavy atom. The fraction of sp³-hybridized carbons (Fsp3) is 0.432. The Hall–Kier alpha value is -5.65. The second kappa shape index (κ2) is 14.8. The van der Waals surface area contributed by atoms with Crippen LogP contribution < -0.4 is 5.32 Å². The number of methoxy groups -OCH3 is 1. The van der Waals surface area contributed by atoms with Crippen LogP contribution in [0.3, 0.4) is 0 Å². The third kappa shape index (κ3) is 7.24. The van der Waals surface area contributed by atoms with Crippen LogP contribution >= 0.6 is 0 Å². The minimum atomic E-state index is -0.678. The number of carbonyl (C=O) groups is 3. The van der Waals surface area contributed by atoms with Crippen molar-refractivity contribution < 1.29 is 23.9 Å². The summed E-state index contributed by atoms with van der Waals surface area (Å²) in [5.41, 5.74) is 8.21. The van der Waals surface area contributed by atoms with Crippen molar-refractivity contribution in [2.45, 2.75) is 96.9 Å². The first-order chi connectivity index (χ1) is 26.9. The molecule has 2 fully saturated rings. The van der Waals surface area contributed by atoms with E-state index in [2.05, 4.69) is 69.9 Å². The molecule has 3 aliphatic rings. The maximum Gasteiger partial charge on any atom is 0.410 e. The lowest BCUT2D eigenvalue weighted by molar-refractivity contribution is -0.135. The Labute approximate surface area is 327 Å². The van der Waals surface area contributed by atoms with E-state index in [1.165, 1.54) is 12.7 Å². The zero-order chi connectivity index (χ0) is 39.3. The molecule has 1 aliphatic carbocycles. The van der Waals surface area contributed by atoms with Crippen molar-refractivity contribution in [3.05, 3.63) is 83.7 Å². The topological polar surface area (TPSA) is 146 Å². The lowest BCUT2D eigenvalue weighted by Crippen LogP contribution is -2.51. The molecule has 5 aromatic rings. The van der Waals surface area contributed by atoms with E-state index in [-0.39, 0.29) is 30.0 Å². The van der Waals surface area contributed by atoms with Crippen molar-refractivity contribution >= 4 is 28.9 Å². The highest BCUT2D eigenvalue weighted by Crippen LogP contribution is 2.39. The number of benzene rings is 3. The fourth-order valence-corrected chi connectivity index (χ4v) is 8.49. The molecular weight excluding hydrogens is 707 g/mol. The minimum Gasteiger partial charge on any atom is -0.453 e. The number of hydrogen-bond donors (Lipinski definition) is 3. The zero-order valence-electron chi connectivity index (χ0n) is 33.1. The summed E-state index contributed by atoms with van der Waals surface area (Å²) in [7, 11) is 1.30. The average Bonchev–Trinajstić information content (AvgIpc) is 4.01. The summed E-state index contributed by atoms with van der Waals surface area (Å²) in [4.78, 5) is 59.1. The third-order valence-electron chi connectivity index (χ3n) is 11.3. The Balaban J connectivity index is 0.983. The molecule has 3 aromatic carbocycles. The number of rotatable bonds is 7. The van der Waals surface area contributed by atoms with Crippen molar-refractivity contribution in [1.82, 2.24) is 35.1 Å². The number of H-pyrrole nitrogens is 2. The monoisotopic (exact) mass is 757 g/mol. The van der Waals surface area contributed by atoms with Gasteiger partial charge >= 0.3 is 12.2 Å². The number of amides is 3. The van der Waals surface area contributed by atoms with Gasteiger partial charge in [0.1, 0.15) is 23.3 Å². The lowest BCUT2D eigenvalue weighted by Gasteiger charge is -2.30. The number of imidazole rings is 2. The largest absolute Gasteiger partial charge is 0.453 e. The lowest BCUT2D eigenvalue weighted by atomic mass is 9.89. The van der Waals surface area contributed by atoms with Crippen LogP contribution in [0, 0.1) is 5.92 Å². The van der Waals surface area contributed by atoms with Crippen LogP contribution in [-0.4, -0.2) is 79.7 Å². The standard InChI is InChI=1S/C44H51N7O5/c1-25(2)37(49-42(53)55-6)41(52)50-19-7-9-35(50)39-45-24-34(47-39)31-14-13-27-21-26(11-12-28(27)23-31)29-15-17-32-30(22-29)16-18-33-38(32)48-40(46-33)36-10-8-20-51(36)43(54)56-44(3,4)5/h11-15,17,21-25,35-37H,7-10,16,18-20H2,1-6H3,(H,45,47)(H,46,48)(H,49,53)/t35-,36-,37?/m0/s1. The molecule has 3 N–H and O–H groups in total. The van der Waals surface area contributed by atoms with Gasteiger partial charge in [-0.2, -0.15) is 0 Å². The maximum absolute atomic E-state index is 13.6. The molecule has 2 aromatic heterocycles. The number of fused-ring (bicyclic) bond motifs is 4. The first kappa shape index (κ1) is 37.3. The van der Waals surface area contributed by atoms with Crippen LogP contribution in [0.4, 0.5) is 9.59 Å². The van der Waals surface area contributed by atoms with E-state index in [4.69, 9.17) is 19.4 Å². The molecular formula is C44H51N7O5. The zero-order valence-corrected chi connectivity index (χ0v) is 33.1. The summed E-state index contributed by atoms with van der Waals surface area (Å²) in [5, 5.41) is 4.97. The number of aryl methyl sites for hydroxylation is 2. The highest BCUT2D eigenvalue weighted by Gasteiger charge is 2.38. The Bertz CT molecular complexity index is 2300. The molecule has 0 saturated carbocycles. The van der Waals surface area contributed by atoms with E-state index in [1.807, 2.05) is 50.6 Å². The molecule has 0 radical (unpaired) electrons. The smallest absolute Gasteiger partial charge is 0.410 e. The number of nitrogens with zero attached hydrogens (tertiary/aromatic N) is 4. The minimum absolute atomic E-state index is 0.0954. The molecule has 12 nitrogen and oxygen atoms in total. The number of likely N-dealkylation sites (tertiary alicyclic amines) is 2. The fourth-order valence-electron chi connectivity index (χ4n) is 8.49. The van der Waals surface area contributed by atoms with Gasteiger partial charge in [-0.05, 0) is 105 Å². The van der Waals surface area contributed by atoms with Crippen LogP contribution in [0.2, 0.25) is 0 Å². The van der Waals surface area contributed by atoms with Crippen molar-refractivity contribution in [2.24, 2.45) is 5.92 Å². The van der Waals surface area contributed by atoms with Crippen LogP contribution in [-0.2, 0) is 27.1 Å². The predicted molar refractivity (Wildman–Crippen MR) is 215 cm³/mol. The second-order valence-electron chi connectivity index (χ2n) is 16.7. The summed E-state index contributed by atoms with van der Waals surface area (Å²) >= 11 is 0. The van der Waals surface area contributed by atoms with E-state index >= 15 is 0 Å². The molecule has 8 rings (SSSR count). The van der Waals surface area contributed by atoms with E-state index < -0.39 is 17.7 Å². The number of alkyl carbamates (subject to hydrolysis) is 1. The van der Waals surface area contributed by atoms with Gasteiger partial charge in [0.25, 0.3) is 0 Å². The van der Waals surface area contributed by atoms with E-state index in [0.29, 0.717) is 13.1 Å². The molecule has 12 heteroatoms. The molecule has 0 spiro atoms. The molecule has 1 unspecified atom stereocenters. The molecule has 2 saturated heterocycles. The molecule has 56 heavy (non-hydrogen) atoms. The van der Waals surface area contributed by atoms with Crippen molar-refractivity contribution in [1.29, 1.82) is 0 Å². The van der Waals surface area contributed by atoms with Gasteiger partial charge in [-0.25, -0.2) is 19.6 Å². The number of nitrogens with one attached hydrogen (secondary N) is 3. The van der Waals surface area contributed by atoms with Crippen LogP contribution in [0.5, 0.6) is 0 Å². The van der Waals surface area contributed by atoms with Crippen LogP contribution in [0.25, 0.3) is 44.4 Å². The Morgan fingerprint density at radius 2 is 1.50 bits per heavy atom. The average molecular weight is 758 g/mol. The number of aromatic amines is 2. The van der Waals surface area contributed by atoms with Gasteiger partial charge in [0.15, 0.2) is 0 Å². The quantitative estimate of drug-likeness (QED) is 0.151. The second-order valence-corrected chi connectivity index (χ2v) is 16.7. The summed E-state index contributed by atoms with van der Waals surface area (Å²) < 4.78 is 10.5. The van der Waals surface area contributed by atoms with Gasteiger partial charge in [-0.15, -0.1) is 0 Å². The van der Waals surface area contributed by atoms with Gasteiger partial charge in [0, 0.05) is 29.9 Å². The van der Waals surface area contributed by atoms with Crippen molar-refractivity contribution in [2.75, 3.05) is 20.2 Å².